The summed E-state index contributed by atoms with van der Waals surface area (Å²) in [7, 11) is 0. The van der Waals surface area contributed by atoms with Gasteiger partial charge in [0.05, 0.1) is 16.2 Å². The summed E-state index contributed by atoms with van der Waals surface area (Å²) in [5.41, 5.74) is 2.87. The number of Topliss-reactive ketones (excluding diaryl/α,β-unsaturated/α-hetero) is 1. The standard InChI is InChI=1S/C18H14BrFN2OS/c1-10(23)15-16(11-5-3-2-4-6-11)21-18(24)22-17(15)12-7-8-14(20)13(19)9-12/h2-9,17H,1H3,(H2,21,22,24)/t17-/m1/s1. The van der Waals surface area contributed by atoms with E-state index in [-0.39, 0.29) is 11.6 Å². The number of nitrogens with one attached hydrogen (secondary N) is 2. The van der Waals surface area contributed by atoms with E-state index >= 15 is 0 Å². The van der Waals surface area contributed by atoms with Crippen LogP contribution < -0.4 is 10.6 Å². The summed E-state index contributed by atoms with van der Waals surface area (Å²) in [6.45, 7) is 1.52. The van der Waals surface area contributed by atoms with Gasteiger partial charge >= 0.3 is 0 Å². The highest BCUT2D eigenvalue weighted by Gasteiger charge is 2.30. The smallest absolute Gasteiger partial charge is 0.171 e. The van der Waals surface area contributed by atoms with E-state index in [1.54, 1.807) is 12.1 Å². The van der Waals surface area contributed by atoms with Gasteiger partial charge in [0.2, 0.25) is 0 Å². The van der Waals surface area contributed by atoms with Crippen LogP contribution in [0, 0.1) is 5.82 Å². The minimum absolute atomic E-state index is 0.0817. The molecule has 2 aromatic carbocycles. The van der Waals surface area contributed by atoms with Crippen LogP contribution in [-0.4, -0.2) is 10.9 Å². The summed E-state index contributed by atoms with van der Waals surface area (Å²) >= 11 is 8.50. The Balaban J connectivity index is 2.18. The minimum atomic E-state index is -0.441. The molecule has 0 amide bonds. The number of hydrogen-bond acceptors (Lipinski definition) is 2. The quantitative estimate of drug-likeness (QED) is 0.755. The molecule has 0 saturated heterocycles. The maximum absolute atomic E-state index is 13.6. The normalized spacial score (nSPS) is 17.3. The van der Waals surface area contributed by atoms with Crippen LogP contribution in [0.5, 0.6) is 0 Å². The van der Waals surface area contributed by atoms with Crippen LogP contribution in [-0.2, 0) is 4.79 Å². The lowest BCUT2D eigenvalue weighted by molar-refractivity contribution is -0.113. The largest absolute Gasteiger partial charge is 0.351 e. The van der Waals surface area contributed by atoms with Gasteiger partial charge in [-0.3, -0.25) is 4.79 Å². The van der Waals surface area contributed by atoms with Crippen LogP contribution in [0.2, 0.25) is 0 Å². The van der Waals surface area contributed by atoms with Gasteiger partial charge < -0.3 is 10.6 Å². The van der Waals surface area contributed by atoms with Crippen molar-refractivity contribution < 1.29 is 9.18 Å². The molecule has 0 saturated carbocycles. The van der Waals surface area contributed by atoms with E-state index < -0.39 is 6.04 Å². The van der Waals surface area contributed by atoms with E-state index in [4.69, 9.17) is 12.2 Å². The van der Waals surface area contributed by atoms with E-state index in [0.29, 0.717) is 20.9 Å². The molecule has 0 spiro atoms. The molecule has 3 rings (SSSR count). The Kier molecular flexibility index (Phi) is 4.78. The first kappa shape index (κ1) is 16.8. The number of carbonyl (C=O) groups excluding carboxylic acids is 1. The summed E-state index contributed by atoms with van der Waals surface area (Å²) in [6.07, 6.45) is 0. The van der Waals surface area contributed by atoms with Crippen molar-refractivity contribution in [3.05, 3.63) is 75.5 Å². The molecule has 0 bridgehead atoms. The van der Waals surface area contributed by atoms with Crippen LogP contribution in [0.15, 0.2) is 58.6 Å². The van der Waals surface area contributed by atoms with E-state index in [0.717, 1.165) is 11.1 Å². The van der Waals surface area contributed by atoms with Gasteiger partial charge in [0.15, 0.2) is 10.9 Å². The van der Waals surface area contributed by atoms with Crippen LogP contribution >= 0.6 is 28.1 Å². The Morgan fingerprint density at radius 2 is 1.92 bits per heavy atom. The molecule has 0 fully saturated rings. The summed E-state index contributed by atoms with van der Waals surface area (Å²) in [5.74, 6) is -0.436. The highest BCUT2D eigenvalue weighted by Crippen LogP contribution is 2.33. The molecule has 1 aliphatic heterocycles. The van der Waals surface area contributed by atoms with E-state index in [1.807, 2.05) is 30.3 Å². The van der Waals surface area contributed by atoms with Crippen molar-refractivity contribution in [2.45, 2.75) is 13.0 Å². The zero-order chi connectivity index (χ0) is 17.3. The second kappa shape index (κ2) is 6.83. The molecular weight excluding hydrogens is 391 g/mol. The number of hydrogen-bond donors (Lipinski definition) is 2. The first-order chi connectivity index (χ1) is 11.5. The molecule has 1 heterocycles. The fourth-order valence-corrected chi connectivity index (χ4v) is 3.33. The SMILES string of the molecule is CC(=O)C1=C(c2ccccc2)NC(=S)N[C@@H]1c1ccc(F)c(Br)c1. The third-order valence-corrected chi connectivity index (χ3v) is 4.62. The molecule has 0 unspecified atom stereocenters. The van der Waals surface area contributed by atoms with Crippen LogP contribution in [0.3, 0.4) is 0 Å². The lowest BCUT2D eigenvalue weighted by Gasteiger charge is -2.31. The monoisotopic (exact) mass is 404 g/mol. The van der Waals surface area contributed by atoms with Crippen LogP contribution in [0.25, 0.3) is 5.70 Å². The topological polar surface area (TPSA) is 41.1 Å². The lowest BCUT2D eigenvalue weighted by Crippen LogP contribution is -2.44. The Morgan fingerprint density at radius 3 is 2.54 bits per heavy atom. The van der Waals surface area contributed by atoms with Crippen molar-refractivity contribution in [2.75, 3.05) is 0 Å². The van der Waals surface area contributed by atoms with Crippen LogP contribution in [0.1, 0.15) is 24.1 Å². The summed E-state index contributed by atoms with van der Waals surface area (Å²) in [4.78, 5) is 12.4. The Hall–Kier alpha value is -2.05. The van der Waals surface area contributed by atoms with Crippen molar-refractivity contribution in [3.8, 4) is 0 Å². The number of halogens is 2. The maximum atomic E-state index is 13.6. The van der Waals surface area contributed by atoms with E-state index in [2.05, 4.69) is 26.6 Å². The van der Waals surface area contributed by atoms with Gasteiger partial charge in [0.25, 0.3) is 0 Å². The first-order valence-corrected chi connectivity index (χ1v) is 8.50. The highest BCUT2D eigenvalue weighted by molar-refractivity contribution is 9.10. The zero-order valence-corrected chi connectivity index (χ0v) is 15.2. The molecular formula is C18H14BrFN2OS. The number of thiocarbonyl (C=S) groups is 1. The molecule has 2 aromatic rings. The molecule has 122 valence electrons. The Morgan fingerprint density at radius 1 is 1.21 bits per heavy atom. The number of rotatable bonds is 3. The molecule has 24 heavy (non-hydrogen) atoms. The molecule has 1 aliphatic rings. The molecule has 0 radical (unpaired) electrons. The van der Waals surface area contributed by atoms with Crippen molar-refractivity contribution in [3.63, 3.8) is 0 Å². The third kappa shape index (κ3) is 3.25. The zero-order valence-electron chi connectivity index (χ0n) is 12.8. The average Bonchev–Trinajstić information content (AvgIpc) is 2.57. The van der Waals surface area contributed by atoms with Crippen molar-refractivity contribution in [2.24, 2.45) is 0 Å². The van der Waals surface area contributed by atoms with Gasteiger partial charge in [0.1, 0.15) is 5.82 Å². The van der Waals surface area contributed by atoms with Gasteiger partial charge in [-0.1, -0.05) is 36.4 Å². The predicted octanol–water partition coefficient (Wildman–Crippen LogP) is 4.11. The van der Waals surface area contributed by atoms with Crippen molar-refractivity contribution >= 4 is 44.7 Å². The average molecular weight is 405 g/mol. The van der Waals surface area contributed by atoms with E-state index in [9.17, 15) is 9.18 Å². The van der Waals surface area contributed by atoms with Crippen molar-refractivity contribution in [1.82, 2.24) is 10.6 Å². The number of benzene rings is 2. The molecule has 2 N–H and O–H groups in total. The lowest BCUT2D eigenvalue weighted by atomic mass is 9.90. The molecule has 1 atom stereocenters. The van der Waals surface area contributed by atoms with Gasteiger partial charge in [-0.15, -0.1) is 0 Å². The summed E-state index contributed by atoms with van der Waals surface area (Å²) in [5, 5.41) is 6.61. The molecule has 6 heteroatoms. The fraction of sp³-hybridized carbons (Fsp3) is 0.111. The molecule has 0 aromatic heterocycles. The van der Waals surface area contributed by atoms with Gasteiger partial charge in [-0.2, -0.15) is 0 Å². The van der Waals surface area contributed by atoms with Crippen molar-refractivity contribution in [1.29, 1.82) is 0 Å². The molecule has 3 nitrogen and oxygen atoms in total. The Bertz CT molecular complexity index is 851. The highest BCUT2D eigenvalue weighted by atomic mass is 79.9. The summed E-state index contributed by atoms with van der Waals surface area (Å²) < 4.78 is 13.9. The third-order valence-electron chi connectivity index (χ3n) is 3.79. The van der Waals surface area contributed by atoms with Gasteiger partial charge in [-0.05, 0) is 58.3 Å². The maximum Gasteiger partial charge on any atom is 0.171 e. The minimum Gasteiger partial charge on any atom is -0.351 e. The van der Waals surface area contributed by atoms with Gasteiger partial charge in [0, 0.05) is 5.57 Å². The fourth-order valence-electron chi connectivity index (χ4n) is 2.72. The predicted molar refractivity (Wildman–Crippen MR) is 99.8 cm³/mol. The second-order valence-corrected chi connectivity index (χ2v) is 6.68. The second-order valence-electron chi connectivity index (χ2n) is 5.42. The summed E-state index contributed by atoms with van der Waals surface area (Å²) in [6, 6.07) is 13.8. The van der Waals surface area contributed by atoms with Crippen LogP contribution in [0.4, 0.5) is 4.39 Å². The van der Waals surface area contributed by atoms with Gasteiger partial charge in [-0.25, -0.2) is 4.39 Å². The number of ketones is 1. The molecule has 0 aliphatic carbocycles. The van der Waals surface area contributed by atoms with E-state index in [1.165, 1.54) is 13.0 Å². The number of carbonyl (C=O) groups is 1. The Labute approximate surface area is 153 Å². The first-order valence-electron chi connectivity index (χ1n) is 7.30.